The van der Waals surface area contributed by atoms with Gasteiger partial charge in [-0.25, -0.2) is 4.98 Å². The maximum absolute atomic E-state index is 12.1. The highest BCUT2D eigenvalue weighted by Crippen LogP contribution is 2.22. The van der Waals surface area contributed by atoms with Crippen LogP contribution in [0.15, 0.2) is 43.1 Å². The minimum atomic E-state index is -0.123. The van der Waals surface area contributed by atoms with Gasteiger partial charge >= 0.3 is 5.97 Å². The molecule has 0 spiro atoms. The predicted octanol–water partition coefficient (Wildman–Crippen LogP) is 1.83. The molecule has 2 aromatic heterocycles. The van der Waals surface area contributed by atoms with E-state index in [9.17, 15) is 4.79 Å². The summed E-state index contributed by atoms with van der Waals surface area (Å²) in [5.41, 5.74) is 0.910. The van der Waals surface area contributed by atoms with Gasteiger partial charge in [-0.15, -0.1) is 0 Å². The average Bonchev–Trinajstić information content (AvgIpc) is 2.61. The Morgan fingerprint density at radius 3 is 2.68 bits per heavy atom. The summed E-state index contributed by atoms with van der Waals surface area (Å²) in [6.07, 6.45) is 10.1. The number of piperidine rings is 1. The van der Waals surface area contributed by atoms with Crippen molar-refractivity contribution in [2.75, 3.05) is 18.0 Å². The van der Waals surface area contributed by atoms with Crippen molar-refractivity contribution in [3.63, 3.8) is 0 Å². The van der Waals surface area contributed by atoms with E-state index in [4.69, 9.17) is 4.74 Å². The Balaban J connectivity index is 1.48. The van der Waals surface area contributed by atoms with Gasteiger partial charge in [0.25, 0.3) is 0 Å². The van der Waals surface area contributed by atoms with Crippen LogP contribution < -0.4 is 4.90 Å². The van der Waals surface area contributed by atoms with Gasteiger partial charge in [0, 0.05) is 43.4 Å². The first-order chi connectivity index (χ1) is 10.8. The highest BCUT2D eigenvalue weighted by atomic mass is 16.5. The van der Waals surface area contributed by atoms with Crippen molar-refractivity contribution in [3.05, 3.63) is 48.7 Å². The van der Waals surface area contributed by atoms with Gasteiger partial charge in [-0.05, 0) is 18.9 Å². The lowest BCUT2D eigenvalue weighted by molar-refractivity contribution is -0.150. The second kappa shape index (κ2) is 6.98. The van der Waals surface area contributed by atoms with Crippen LogP contribution in [0.25, 0.3) is 0 Å². The summed E-state index contributed by atoms with van der Waals surface area (Å²) >= 11 is 0. The van der Waals surface area contributed by atoms with E-state index in [2.05, 4.69) is 19.9 Å². The van der Waals surface area contributed by atoms with E-state index < -0.39 is 0 Å². The highest BCUT2D eigenvalue weighted by Gasteiger charge is 2.26. The predicted molar refractivity (Wildman–Crippen MR) is 81.0 cm³/mol. The molecule has 0 aliphatic carbocycles. The molecule has 0 N–H and O–H groups in total. The summed E-state index contributed by atoms with van der Waals surface area (Å²) < 4.78 is 5.38. The van der Waals surface area contributed by atoms with Crippen LogP contribution in [0.4, 0.5) is 5.82 Å². The van der Waals surface area contributed by atoms with Crippen molar-refractivity contribution in [1.29, 1.82) is 0 Å². The molecule has 1 aliphatic heterocycles. The number of aromatic nitrogens is 3. The first-order valence-electron chi connectivity index (χ1n) is 7.39. The molecule has 1 aliphatic rings. The van der Waals surface area contributed by atoms with Crippen molar-refractivity contribution in [3.8, 4) is 0 Å². The van der Waals surface area contributed by atoms with E-state index >= 15 is 0 Å². The molecular formula is C16H18N4O2. The molecule has 0 unspecified atom stereocenters. The minimum absolute atomic E-state index is 0.0374. The Labute approximate surface area is 129 Å². The fraction of sp³-hybridized carbons (Fsp3) is 0.375. The molecule has 6 heteroatoms. The Hall–Kier alpha value is -2.50. The van der Waals surface area contributed by atoms with Gasteiger partial charge in [0.05, 0.1) is 12.1 Å². The largest absolute Gasteiger partial charge is 0.461 e. The molecule has 114 valence electrons. The third kappa shape index (κ3) is 3.58. The molecule has 1 saturated heterocycles. The average molecular weight is 298 g/mol. The molecule has 0 radical (unpaired) electrons. The summed E-state index contributed by atoms with van der Waals surface area (Å²) in [4.78, 5) is 26.6. The Bertz CT molecular complexity index is 598. The lowest BCUT2D eigenvalue weighted by Crippen LogP contribution is -2.37. The zero-order valence-corrected chi connectivity index (χ0v) is 12.3. The number of rotatable bonds is 4. The van der Waals surface area contributed by atoms with Gasteiger partial charge in [0.2, 0.25) is 0 Å². The van der Waals surface area contributed by atoms with Crippen LogP contribution in [-0.4, -0.2) is 34.0 Å². The summed E-state index contributed by atoms with van der Waals surface area (Å²) in [5.74, 6) is 0.705. The van der Waals surface area contributed by atoms with Crippen molar-refractivity contribution >= 4 is 11.8 Å². The molecule has 0 saturated carbocycles. The number of hydrogen-bond acceptors (Lipinski definition) is 6. The monoisotopic (exact) mass is 298 g/mol. The molecule has 6 nitrogen and oxygen atoms in total. The molecule has 1 fully saturated rings. The van der Waals surface area contributed by atoms with E-state index in [1.165, 1.54) is 0 Å². The number of esters is 1. The molecule has 22 heavy (non-hydrogen) atoms. The number of anilines is 1. The number of carbonyl (C=O) groups is 1. The van der Waals surface area contributed by atoms with Crippen LogP contribution in [0, 0.1) is 5.92 Å². The zero-order valence-electron chi connectivity index (χ0n) is 12.3. The molecule has 0 bridgehead atoms. The summed E-state index contributed by atoms with van der Waals surface area (Å²) in [6.45, 7) is 1.88. The van der Waals surface area contributed by atoms with Crippen LogP contribution in [0.5, 0.6) is 0 Å². The SMILES string of the molecule is O=C(OCc1cccnc1)C1CCN(c2cnccn2)CC1. The third-order valence-electron chi connectivity index (χ3n) is 3.81. The summed E-state index contributed by atoms with van der Waals surface area (Å²) in [6, 6.07) is 3.74. The normalized spacial score (nSPS) is 15.5. The molecule has 2 aromatic rings. The van der Waals surface area contributed by atoms with Gasteiger partial charge in [0.1, 0.15) is 12.4 Å². The van der Waals surface area contributed by atoms with Crippen molar-refractivity contribution in [2.24, 2.45) is 5.92 Å². The fourth-order valence-electron chi connectivity index (χ4n) is 2.55. The van der Waals surface area contributed by atoms with E-state index in [1.54, 1.807) is 31.0 Å². The Morgan fingerprint density at radius 1 is 1.18 bits per heavy atom. The van der Waals surface area contributed by atoms with Crippen LogP contribution in [0.2, 0.25) is 0 Å². The van der Waals surface area contributed by atoms with Gasteiger partial charge < -0.3 is 9.64 Å². The van der Waals surface area contributed by atoms with Crippen molar-refractivity contribution in [2.45, 2.75) is 19.4 Å². The standard InChI is InChI=1S/C16H18N4O2/c21-16(22-12-13-2-1-5-17-10-13)14-3-8-20(9-4-14)15-11-18-6-7-19-15/h1-2,5-7,10-11,14H,3-4,8-9,12H2. The van der Waals surface area contributed by atoms with Crippen molar-refractivity contribution in [1.82, 2.24) is 15.0 Å². The Kier molecular flexibility index (Phi) is 4.58. The molecular weight excluding hydrogens is 280 g/mol. The van der Waals surface area contributed by atoms with Crippen LogP contribution >= 0.6 is 0 Å². The molecule has 0 aromatic carbocycles. The topological polar surface area (TPSA) is 68.2 Å². The smallest absolute Gasteiger partial charge is 0.309 e. The maximum Gasteiger partial charge on any atom is 0.309 e. The second-order valence-corrected chi connectivity index (χ2v) is 5.29. The zero-order chi connectivity index (χ0) is 15.2. The highest BCUT2D eigenvalue weighted by molar-refractivity contribution is 5.72. The molecule has 3 rings (SSSR count). The van der Waals surface area contributed by atoms with Gasteiger partial charge in [-0.1, -0.05) is 6.07 Å². The maximum atomic E-state index is 12.1. The second-order valence-electron chi connectivity index (χ2n) is 5.29. The number of pyridine rings is 1. The lowest BCUT2D eigenvalue weighted by atomic mass is 9.97. The van der Waals surface area contributed by atoms with E-state index in [0.717, 1.165) is 37.3 Å². The number of ether oxygens (including phenoxy) is 1. The van der Waals surface area contributed by atoms with E-state index in [0.29, 0.717) is 0 Å². The van der Waals surface area contributed by atoms with Crippen molar-refractivity contribution < 1.29 is 9.53 Å². The van der Waals surface area contributed by atoms with Crippen LogP contribution in [0.3, 0.4) is 0 Å². The fourth-order valence-corrected chi connectivity index (χ4v) is 2.55. The van der Waals surface area contributed by atoms with E-state index in [-0.39, 0.29) is 18.5 Å². The van der Waals surface area contributed by atoms with Crippen LogP contribution in [0.1, 0.15) is 18.4 Å². The third-order valence-corrected chi connectivity index (χ3v) is 3.81. The minimum Gasteiger partial charge on any atom is -0.461 e. The van der Waals surface area contributed by atoms with E-state index in [1.807, 2.05) is 12.1 Å². The summed E-state index contributed by atoms with van der Waals surface area (Å²) in [5, 5.41) is 0. The van der Waals surface area contributed by atoms with Gasteiger partial charge in [-0.2, -0.15) is 0 Å². The Morgan fingerprint density at radius 2 is 2.00 bits per heavy atom. The first-order valence-corrected chi connectivity index (χ1v) is 7.39. The number of carbonyl (C=O) groups excluding carboxylic acids is 1. The quantitative estimate of drug-likeness (QED) is 0.802. The first kappa shape index (κ1) is 14.4. The molecule has 3 heterocycles. The van der Waals surface area contributed by atoms with Crippen LogP contribution in [-0.2, 0) is 16.1 Å². The number of nitrogens with zero attached hydrogens (tertiary/aromatic N) is 4. The van der Waals surface area contributed by atoms with Gasteiger partial charge in [-0.3, -0.25) is 14.8 Å². The summed E-state index contributed by atoms with van der Waals surface area (Å²) in [7, 11) is 0. The molecule has 0 amide bonds. The lowest BCUT2D eigenvalue weighted by Gasteiger charge is -2.31. The molecule has 0 atom stereocenters. The number of hydrogen-bond donors (Lipinski definition) is 0. The van der Waals surface area contributed by atoms with Gasteiger partial charge in [0.15, 0.2) is 0 Å².